The van der Waals surface area contributed by atoms with Crippen LogP contribution in [0.25, 0.3) is 32.7 Å². The number of aliphatic imine (C=N–C) groups is 1. The Hall–Kier alpha value is -6.09. The van der Waals surface area contributed by atoms with Crippen LogP contribution in [0.15, 0.2) is 108 Å². The minimum absolute atomic E-state index is 0. The van der Waals surface area contributed by atoms with E-state index < -0.39 is 48.4 Å². The number of carbonyl (C=O) groups is 4. The van der Waals surface area contributed by atoms with Gasteiger partial charge in [-0.1, -0.05) is 119 Å². The standard InChI is InChI=1S/C52H67N7O7.2ClH/c1-34(2)27-30-64-44-25-23-37-17-8-10-19-39(37)47(44)48-40-20-11-9-18-38(40)24-26-45(48)65-33-46(60)57-41(21-12-13-28-53)49(61)58-42(22-14-29-56-52(54)55)50(62)59-43(31-35(3)4)51(63)66-32-36-15-6-5-7-16-36;;/h5-11,15-20,23-26,34-35,41-43H,12-14,21-22,27-33,53H2,1-4H3,(H,57,60)(H,58,61)(H,59,62)(H4,54,55,56);2*1H/t41-,42-,43+;;/m1../s1. The second-order valence-corrected chi connectivity index (χ2v) is 17.3. The number of hydrogen-bond donors (Lipinski definition) is 6. The predicted octanol–water partition coefficient (Wildman–Crippen LogP) is 7.73. The highest BCUT2D eigenvalue weighted by molar-refractivity contribution is 6.10. The van der Waals surface area contributed by atoms with E-state index in [1.807, 2.05) is 105 Å². The van der Waals surface area contributed by atoms with Gasteiger partial charge < -0.3 is 47.4 Å². The van der Waals surface area contributed by atoms with Crippen LogP contribution < -0.4 is 42.6 Å². The van der Waals surface area contributed by atoms with Crippen molar-refractivity contribution in [1.29, 1.82) is 0 Å². The first-order chi connectivity index (χ1) is 31.8. The molecule has 5 aromatic carbocycles. The van der Waals surface area contributed by atoms with Crippen LogP contribution >= 0.6 is 24.8 Å². The smallest absolute Gasteiger partial charge is 0.328 e. The van der Waals surface area contributed by atoms with Crippen LogP contribution in [-0.2, 0) is 30.5 Å². The lowest BCUT2D eigenvalue weighted by Crippen LogP contribution is -2.56. The van der Waals surface area contributed by atoms with E-state index in [9.17, 15) is 19.2 Å². The van der Waals surface area contributed by atoms with Gasteiger partial charge in [0.25, 0.3) is 5.91 Å². The molecule has 14 nitrogen and oxygen atoms in total. The number of carbonyl (C=O) groups excluding carboxylic acids is 4. The molecule has 5 rings (SSSR count). The summed E-state index contributed by atoms with van der Waals surface area (Å²) in [7, 11) is 0. The summed E-state index contributed by atoms with van der Waals surface area (Å²) >= 11 is 0. The third kappa shape index (κ3) is 17.2. The monoisotopic (exact) mass is 973 g/mol. The molecule has 0 saturated heterocycles. The number of ether oxygens (including phenoxy) is 3. The number of unbranched alkanes of at least 4 members (excludes halogenated alkanes) is 1. The van der Waals surface area contributed by atoms with Crippen molar-refractivity contribution in [3.8, 4) is 22.6 Å². The van der Waals surface area contributed by atoms with Crippen LogP contribution in [0.4, 0.5) is 0 Å². The highest BCUT2D eigenvalue weighted by atomic mass is 35.5. The minimum Gasteiger partial charge on any atom is -0.493 e. The number of rotatable bonds is 26. The number of benzene rings is 5. The fourth-order valence-electron chi connectivity index (χ4n) is 7.64. The molecule has 5 aromatic rings. The molecule has 0 aromatic heterocycles. The van der Waals surface area contributed by atoms with Crippen LogP contribution in [0.3, 0.4) is 0 Å². The third-order valence-corrected chi connectivity index (χ3v) is 11.1. The van der Waals surface area contributed by atoms with E-state index >= 15 is 0 Å². The SMILES string of the molecule is CC(C)CCOc1ccc2ccccc2c1-c1c(OCC(=O)N[C@H](CCCCN)C(=O)N[C@H](CCCN=C(N)N)C(=O)N[C@@H](CC(C)C)C(=O)OCc2ccccc2)ccc2ccccc12.Cl.Cl. The summed E-state index contributed by atoms with van der Waals surface area (Å²) < 4.78 is 18.5. The van der Waals surface area contributed by atoms with Gasteiger partial charge in [-0.2, -0.15) is 0 Å². The maximum Gasteiger partial charge on any atom is 0.328 e. The Morgan fingerprint density at radius 1 is 0.603 bits per heavy atom. The lowest BCUT2D eigenvalue weighted by atomic mass is 9.92. The van der Waals surface area contributed by atoms with Gasteiger partial charge in [0.2, 0.25) is 11.8 Å². The molecule has 0 unspecified atom stereocenters. The second-order valence-electron chi connectivity index (χ2n) is 17.3. The van der Waals surface area contributed by atoms with Crippen molar-refractivity contribution in [2.75, 3.05) is 26.3 Å². The van der Waals surface area contributed by atoms with Crippen molar-refractivity contribution < 1.29 is 33.4 Å². The molecule has 9 N–H and O–H groups in total. The van der Waals surface area contributed by atoms with Crippen molar-refractivity contribution in [2.45, 2.75) is 97.4 Å². The van der Waals surface area contributed by atoms with Crippen molar-refractivity contribution >= 4 is 76.0 Å². The lowest BCUT2D eigenvalue weighted by molar-refractivity contribution is -0.150. The highest BCUT2D eigenvalue weighted by Crippen LogP contribution is 2.45. The molecule has 0 aliphatic rings. The molecule has 368 valence electrons. The summed E-state index contributed by atoms with van der Waals surface area (Å²) in [6, 6.07) is 30.0. The Morgan fingerprint density at radius 2 is 1.15 bits per heavy atom. The number of fused-ring (bicyclic) bond motifs is 2. The third-order valence-electron chi connectivity index (χ3n) is 11.1. The van der Waals surface area contributed by atoms with Crippen LogP contribution in [0, 0.1) is 11.8 Å². The average molecular weight is 975 g/mol. The molecule has 0 fully saturated rings. The average Bonchev–Trinajstić information content (AvgIpc) is 3.30. The zero-order valence-electron chi connectivity index (χ0n) is 39.5. The Labute approximate surface area is 412 Å². The summed E-state index contributed by atoms with van der Waals surface area (Å²) in [5.41, 5.74) is 19.4. The molecular weight excluding hydrogens is 906 g/mol. The van der Waals surface area contributed by atoms with Gasteiger partial charge in [0.15, 0.2) is 12.6 Å². The molecule has 0 aliphatic carbocycles. The maximum atomic E-state index is 14.2. The molecule has 0 heterocycles. The van der Waals surface area contributed by atoms with Crippen LogP contribution in [0.5, 0.6) is 11.5 Å². The number of nitrogens with zero attached hydrogens (tertiary/aromatic N) is 1. The van der Waals surface area contributed by atoms with Crippen molar-refractivity contribution in [3.63, 3.8) is 0 Å². The fourth-order valence-corrected chi connectivity index (χ4v) is 7.64. The van der Waals surface area contributed by atoms with Crippen molar-refractivity contribution in [1.82, 2.24) is 16.0 Å². The number of nitrogens with two attached hydrogens (primary N) is 3. The largest absolute Gasteiger partial charge is 0.493 e. The molecule has 3 atom stereocenters. The van der Waals surface area contributed by atoms with Crippen LogP contribution in [0.2, 0.25) is 0 Å². The van der Waals surface area contributed by atoms with E-state index in [0.29, 0.717) is 56.3 Å². The lowest BCUT2D eigenvalue weighted by Gasteiger charge is -2.26. The van der Waals surface area contributed by atoms with Gasteiger partial charge in [-0.15, -0.1) is 24.8 Å². The summed E-state index contributed by atoms with van der Waals surface area (Å²) in [6.45, 7) is 8.92. The Balaban J connectivity index is 0.00000612. The van der Waals surface area contributed by atoms with E-state index in [-0.39, 0.29) is 62.7 Å². The van der Waals surface area contributed by atoms with Gasteiger partial charge >= 0.3 is 5.97 Å². The fraction of sp³-hybridized carbons (Fsp3) is 0.404. The summed E-state index contributed by atoms with van der Waals surface area (Å²) in [6.07, 6.45) is 3.01. The molecule has 0 spiro atoms. The molecular formula is C52H69Cl2N7O7. The Morgan fingerprint density at radius 3 is 1.72 bits per heavy atom. The first-order valence-corrected chi connectivity index (χ1v) is 23.0. The van der Waals surface area contributed by atoms with Crippen molar-refractivity contribution in [3.05, 3.63) is 109 Å². The molecule has 0 aliphatic heterocycles. The summed E-state index contributed by atoms with van der Waals surface area (Å²) in [5, 5.41) is 12.4. The molecule has 0 saturated carbocycles. The van der Waals surface area contributed by atoms with Crippen molar-refractivity contribution in [2.24, 2.45) is 34.0 Å². The van der Waals surface area contributed by atoms with Gasteiger partial charge in [-0.3, -0.25) is 19.4 Å². The first-order valence-electron chi connectivity index (χ1n) is 23.0. The number of halogens is 2. The topological polar surface area (TPSA) is 222 Å². The van der Waals surface area contributed by atoms with E-state index in [2.05, 4.69) is 46.9 Å². The van der Waals surface area contributed by atoms with Gasteiger partial charge in [0, 0.05) is 17.7 Å². The van der Waals surface area contributed by atoms with E-state index in [1.54, 1.807) is 0 Å². The highest BCUT2D eigenvalue weighted by Gasteiger charge is 2.31. The minimum atomic E-state index is -1.11. The molecule has 16 heteroatoms. The van der Waals surface area contributed by atoms with E-state index in [1.165, 1.54) is 0 Å². The van der Waals surface area contributed by atoms with E-state index in [0.717, 1.165) is 44.7 Å². The second kappa shape index (κ2) is 28.9. The molecule has 0 bridgehead atoms. The zero-order valence-corrected chi connectivity index (χ0v) is 41.2. The number of hydrogen-bond acceptors (Lipinski definition) is 9. The quantitative estimate of drug-likeness (QED) is 0.0137. The van der Waals surface area contributed by atoms with Gasteiger partial charge in [0.05, 0.1) is 6.61 Å². The molecule has 0 radical (unpaired) electrons. The summed E-state index contributed by atoms with van der Waals surface area (Å²) in [5.74, 6) is -0.763. The van der Waals surface area contributed by atoms with Gasteiger partial charge in [0.1, 0.15) is 36.2 Å². The number of amides is 3. The summed E-state index contributed by atoms with van der Waals surface area (Å²) in [4.78, 5) is 59.5. The number of nitrogens with one attached hydrogen (secondary N) is 3. The number of esters is 1. The number of guanidine groups is 1. The molecule has 3 amide bonds. The van der Waals surface area contributed by atoms with Crippen LogP contribution in [-0.4, -0.2) is 74.1 Å². The Kier molecular flexibility index (Phi) is 23.9. The molecule has 68 heavy (non-hydrogen) atoms. The van der Waals surface area contributed by atoms with Gasteiger partial charge in [-0.05, 0) is 103 Å². The maximum absolute atomic E-state index is 14.2. The van der Waals surface area contributed by atoms with Crippen LogP contribution in [0.1, 0.15) is 78.2 Å². The normalized spacial score (nSPS) is 12.2. The first kappa shape index (κ1) is 56.2. The Bertz CT molecular complexity index is 2410. The zero-order chi connectivity index (χ0) is 47.4. The van der Waals surface area contributed by atoms with E-state index in [4.69, 9.17) is 31.4 Å². The predicted molar refractivity (Wildman–Crippen MR) is 276 cm³/mol. The van der Waals surface area contributed by atoms with Gasteiger partial charge in [-0.25, -0.2) is 4.79 Å².